The summed E-state index contributed by atoms with van der Waals surface area (Å²) in [5.74, 6) is -0.482. The van der Waals surface area contributed by atoms with Gasteiger partial charge in [0, 0.05) is 11.6 Å². The summed E-state index contributed by atoms with van der Waals surface area (Å²) in [4.78, 5) is 26.0. The Hall–Kier alpha value is -3.16. The number of benzene rings is 1. The molecule has 0 aliphatic carbocycles. The Balaban J connectivity index is 2.35. The maximum Gasteiger partial charge on any atom is 0.406 e. The maximum atomic E-state index is 11.7. The predicted molar refractivity (Wildman–Crippen MR) is 89.6 cm³/mol. The van der Waals surface area contributed by atoms with Gasteiger partial charge in [0.15, 0.2) is 6.10 Å². The zero-order valence-corrected chi connectivity index (χ0v) is 14.1. The van der Waals surface area contributed by atoms with Crippen molar-refractivity contribution >= 4 is 11.8 Å². The Morgan fingerprint density at radius 3 is 2.52 bits per heavy atom. The molecular weight excluding hydrogens is 328 g/mol. The molecule has 1 aromatic carbocycles. The van der Waals surface area contributed by atoms with Crippen LogP contribution in [0.1, 0.15) is 13.8 Å². The molecule has 0 amide bonds. The lowest BCUT2D eigenvalue weighted by Gasteiger charge is -2.13. The molecule has 0 bridgehead atoms. The van der Waals surface area contributed by atoms with E-state index in [2.05, 4.69) is 4.98 Å². The minimum absolute atomic E-state index is 0.0983. The Labute approximate surface area is 144 Å². The molecule has 0 saturated carbocycles. The molecule has 0 spiro atoms. The number of hydrogen-bond acceptors (Lipinski definition) is 7. The fourth-order valence-electron chi connectivity index (χ4n) is 2.10. The van der Waals surface area contributed by atoms with Gasteiger partial charge < -0.3 is 24.3 Å². The van der Waals surface area contributed by atoms with Crippen LogP contribution in [-0.2, 0) is 9.53 Å². The van der Waals surface area contributed by atoms with E-state index >= 15 is 0 Å². The lowest BCUT2D eigenvalue weighted by Crippen LogP contribution is -2.26. The molecule has 1 atom stereocenters. The SMILES string of the molecule is CCOC(=O)C(C)Oc1cc(-c2ccc(OC)cc2)cnc1[N+](=O)[O-]. The van der Waals surface area contributed by atoms with Crippen LogP contribution in [0.3, 0.4) is 0 Å². The topological polar surface area (TPSA) is 101 Å². The van der Waals surface area contributed by atoms with Crippen molar-refractivity contribution in [3.63, 3.8) is 0 Å². The second kappa shape index (κ2) is 8.09. The molecule has 1 aromatic heterocycles. The summed E-state index contributed by atoms with van der Waals surface area (Å²) in [5, 5.41) is 11.2. The van der Waals surface area contributed by atoms with E-state index in [-0.39, 0.29) is 12.4 Å². The van der Waals surface area contributed by atoms with Gasteiger partial charge in [0.1, 0.15) is 11.9 Å². The van der Waals surface area contributed by atoms with Crippen LogP contribution < -0.4 is 9.47 Å². The van der Waals surface area contributed by atoms with Gasteiger partial charge in [0.25, 0.3) is 0 Å². The fraction of sp³-hybridized carbons (Fsp3) is 0.294. The van der Waals surface area contributed by atoms with Crippen molar-refractivity contribution in [3.8, 4) is 22.6 Å². The van der Waals surface area contributed by atoms with Gasteiger partial charge in [0.2, 0.25) is 5.75 Å². The minimum Gasteiger partial charge on any atom is -0.497 e. The number of methoxy groups -OCH3 is 1. The Morgan fingerprint density at radius 1 is 1.28 bits per heavy atom. The van der Waals surface area contributed by atoms with E-state index in [9.17, 15) is 14.9 Å². The van der Waals surface area contributed by atoms with E-state index in [0.29, 0.717) is 11.3 Å². The summed E-state index contributed by atoms with van der Waals surface area (Å²) >= 11 is 0. The number of carbonyl (C=O) groups excluding carboxylic acids is 1. The average molecular weight is 346 g/mol. The van der Waals surface area contributed by atoms with Crippen LogP contribution in [0, 0.1) is 10.1 Å². The molecule has 2 aromatic rings. The van der Waals surface area contributed by atoms with Crippen LogP contribution >= 0.6 is 0 Å². The number of nitrogens with zero attached hydrogens (tertiary/aromatic N) is 2. The summed E-state index contributed by atoms with van der Waals surface area (Å²) in [6.45, 7) is 3.32. The van der Waals surface area contributed by atoms with Gasteiger partial charge in [-0.15, -0.1) is 0 Å². The van der Waals surface area contributed by atoms with Gasteiger partial charge in [-0.1, -0.05) is 12.1 Å². The zero-order chi connectivity index (χ0) is 18.4. The van der Waals surface area contributed by atoms with Crippen LogP contribution in [0.5, 0.6) is 11.5 Å². The molecule has 0 aliphatic rings. The average Bonchev–Trinajstić information content (AvgIpc) is 2.61. The van der Waals surface area contributed by atoms with Gasteiger partial charge in [-0.05, 0) is 41.5 Å². The highest BCUT2D eigenvalue weighted by Gasteiger charge is 2.24. The first-order valence-corrected chi connectivity index (χ1v) is 7.58. The Bertz CT molecular complexity index is 760. The largest absolute Gasteiger partial charge is 0.497 e. The molecule has 1 unspecified atom stereocenters. The van der Waals surface area contributed by atoms with Gasteiger partial charge in [-0.2, -0.15) is 0 Å². The molecule has 0 N–H and O–H groups in total. The highest BCUT2D eigenvalue weighted by atomic mass is 16.6. The summed E-state index contributed by atoms with van der Waals surface area (Å²) < 4.78 is 15.4. The van der Waals surface area contributed by atoms with E-state index < -0.39 is 22.8 Å². The third kappa shape index (κ3) is 4.43. The van der Waals surface area contributed by atoms with Crippen molar-refractivity contribution in [3.05, 3.63) is 46.6 Å². The lowest BCUT2D eigenvalue weighted by molar-refractivity contribution is -0.390. The Kier molecular flexibility index (Phi) is 5.89. The first-order valence-electron chi connectivity index (χ1n) is 7.58. The summed E-state index contributed by atoms with van der Waals surface area (Å²) in [6.07, 6.45) is 0.383. The summed E-state index contributed by atoms with van der Waals surface area (Å²) in [6, 6.07) is 8.58. The number of ether oxygens (including phenoxy) is 3. The maximum absolute atomic E-state index is 11.7. The van der Waals surface area contributed by atoms with Gasteiger partial charge >= 0.3 is 11.8 Å². The molecule has 1 heterocycles. The van der Waals surface area contributed by atoms with Crippen molar-refractivity contribution < 1.29 is 23.9 Å². The minimum atomic E-state index is -0.994. The van der Waals surface area contributed by atoms with E-state index in [4.69, 9.17) is 14.2 Å². The van der Waals surface area contributed by atoms with Crippen molar-refractivity contribution in [2.75, 3.05) is 13.7 Å². The quantitative estimate of drug-likeness (QED) is 0.431. The molecular formula is C17H18N2O6. The Morgan fingerprint density at radius 2 is 1.96 bits per heavy atom. The number of esters is 1. The lowest BCUT2D eigenvalue weighted by atomic mass is 10.1. The second-order valence-corrected chi connectivity index (χ2v) is 5.04. The number of pyridine rings is 1. The number of aromatic nitrogens is 1. The highest BCUT2D eigenvalue weighted by molar-refractivity contribution is 5.75. The standard InChI is InChI=1S/C17H18N2O6/c1-4-24-17(20)11(2)25-15-9-13(10-18-16(15)19(21)22)12-5-7-14(23-3)8-6-12/h5-11H,4H2,1-3H3. The van der Waals surface area contributed by atoms with Crippen molar-refractivity contribution in [1.82, 2.24) is 4.98 Å². The fourth-order valence-corrected chi connectivity index (χ4v) is 2.10. The molecule has 8 heteroatoms. The molecule has 0 aliphatic heterocycles. The summed E-state index contributed by atoms with van der Waals surface area (Å²) in [5.41, 5.74) is 1.39. The molecule has 25 heavy (non-hydrogen) atoms. The van der Waals surface area contributed by atoms with Crippen LogP contribution in [0.15, 0.2) is 36.5 Å². The van der Waals surface area contributed by atoms with Crippen LogP contribution in [0.4, 0.5) is 5.82 Å². The normalized spacial score (nSPS) is 11.5. The molecule has 0 fully saturated rings. The smallest absolute Gasteiger partial charge is 0.406 e. The van der Waals surface area contributed by atoms with E-state index in [1.807, 2.05) is 0 Å². The van der Waals surface area contributed by atoms with E-state index in [1.54, 1.807) is 38.3 Å². The van der Waals surface area contributed by atoms with E-state index in [1.165, 1.54) is 19.2 Å². The first-order chi connectivity index (χ1) is 12.0. The monoisotopic (exact) mass is 346 g/mol. The number of carbonyl (C=O) groups is 1. The van der Waals surface area contributed by atoms with Crippen LogP contribution in [-0.4, -0.2) is 35.7 Å². The van der Waals surface area contributed by atoms with Crippen molar-refractivity contribution in [1.29, 1.82) is 0 Å². The second-order valence-electron chi connectivity index (χ2n) is 5.04. The molecule has 132 valence electrons. The van der Waals surface area contributed by atoms with Crippen molar-refractivity contribution in [2.45, 2.75) is 20.0 Å². The van der Waals surface area contributed by atoms with Crippen LogP contribution in [0.25, 0.3) is 11.1 Å². The molecule has 0 radical (unpaired) electrons. The third-order valence-corrected chi connectivity index (χ3v) is 3.35. The first kappa shape index (κ1) is 18.2. The van der Waals surface area contributed by atoms with Crippen molar-refractivity contribution in [2.24, 2.45) is 0 Å². The van der Waals surface area contributed by atoms with Gasteiger partial charge in [0.05, 0.1) is 13.7 Å². The molecule has 8 nitrogen and oxygen atoms in total. The number of rotatable bonds is 7. The molecule has 0 saturated heterocycles. The highest BCUT2D eigenvalue weighted by Crippen LogP contribution is 2.31. The number of hydrogen-bond donors (Lipinski definition) is 0. The predicted octanol–water partition coefficient (Wildman–Crippen LogP) is 3.00. The van der Waals surface area contributed by atoms with Gasteiger partial charge in [-0.25, -0.2) is 4.79 Å². The number of nitro groups is 1. The van der Waals surface area contributed by atoms with E-state index in [0.717, 1.165) is 5.56 Å². The summed E-state index contributed by atoms with van der Waals surface area (Å²) in [7, 11) is 1.56. The zero-order valence-electron chi connectivity index (χ0n) is 14.1. The molecule has 2 rings (SSSR count). The van der Waals surface area contributed by atoms with Gasteiger partial charge in [-0.3, -0.25) is 0 Å². The van der Waals surface area contributed by atoms with Crippen LogP contribution in [0.2, 0.25) is 0 Å². The third-order valence-electron chi connectivity index (χ3n) is 3.35.